The first-order valence-electron chi connectivity index (χ1n) is 8.28. The molecule has 4 N–H and O–H groups in total. The van der Waals surface area contributed by atoms with Crippen molar-refractivity contribution in [3.05, 3.63) is 28.8 Å². The third-order valence-corrected chi connectivity index (χ3v) is 4.08. The molecule has 0 aliphatic heterocycles. The summed E-state index contributed by atoms with van der Waals surface area (Å²) in [6, 6.07) is 2.61. The van der Waals surface area contributed by atoms with E-state index in [0.29, 0.717) is 5.56 Å². The van der Waals surface area contributed by atoms with Gasteiger partial charge in [0.1, 0.15) is 11.8 Å². The number of benzene rings is 1. The summed E-state index contributed by atoms with van der Waals surface area (Å²) in [6.07, 6.45) is -0.527. The van der Waals surface area contributed by atoms with Gasteiger partial charge in [0, 0.05) is 12.1 Å². The average molecular weight is 351 g/mol. The molecule has 0 spiro atoms. The first kappa shape index (κ1) is 21.0. The van der Waals surface area contributed by atoms with Gasteiger partial charge in [-0.2, -0.15) is 0 Å². The van der Waals surface area contributed by atoms with Crippen LogP contribution in [0.2, 0.25) is 0 Å². The topological polar surface area (TPSA) is 107 Å². The highest BCUT2D eigenvalue weighted by Crippen LogP contribution is 2.37. The quantitative estimate of drug-likeness (QED) is 0.628. The van der Waals surface area contributed by atoms with E-state index in [-0.39, 0.29) is 23.1 Å². The van der Waals surface area contributed by atoms with Gasteiger partial charge in [-0.3, -0.25) is 14.9 Å². The maximum absolute atomic E-state index is 11.2. The van der Waals surface area contributed by atoms with Gasteiger partial charge in [0.15, 0.2) is 0 Å². The Morgan fingerprint density at radius 3 is 2.00 bits per heavy atom. The molecule has 0 saturated heterocycles. The zero-order valence-corrected chi connectivity index (χ0v) is 15.8. The molecule has 6 nitrogen and oxygen atoms in total. The fraction of sp³-hybridized carbons (Fsp3) is 0.579. The van der Waals surface area contributed by atoms with Gasteiger partial charge in [-0.15, -0.1) is 0 Å². The Morgan fingerprint density at radius 2 is 1.60 bits per heavy atom. The van der Waals surface area contributed by atoms with Crippen molar-refractivity contribution in [3.8, 4) is 5.75 Å². The van der Waals surface area contributed by atoms with E-state index in [4.69, 9.17) is 10.2 Å². The van der Waals surface area contributed by atoms with Crippen LogP contribution in [0.25, 0.3) is 0 Å². The third kappa shape index (κ3) is 5.74. The zero-order valence-electron chi connectivity index (χ0n) is 15.8. The Morgan fingerprint density at radius 1 is 1.04 bits per heavy atom. The monoisotopic (exact) mass is 351 g/mol. The van der Waals surface area contributed by atoms with Gasteiger partial charge >= 0.3 is 11.9 Å². The SMILES string of the molecule is CC(C)(C)c1cc(CNC(CC(=O)O)C(=O)O)c(O)c(C(C)(C)C)c1. The molecule has 1 aromatic rings. The van der Waals surface area contributed by atoms with Crippen LogP contribution in [0.3, 0.4) is 0 Å². The second-order valence-corrected chi connectivity index (χ2v) is 8.40. The fourth-order valence-electron chi connectivity index (χ4n) is 2.49. The second kappa shape index (κ2) is 7.44. The van der Waals surface area contributed by atoms with Crippen LogP contribution < -0.4 is 5.32 Å². The Labute approximate surface area is 148 Å². The molecule has 0 aromatic heterocycles. The van der Waals surface area contributed by atoms with Crippen molar-refractivity contribution in [1.82, 2.24) is 5.32 Å². The molecule has 1 aromatic carbocycles. The van der Waals surface area contributed by atoms with Crippen LogP contribution in [-0.2, 0) is 27.0 Å². The number of nitrogens with one attached hydrogen (secondary N) is 1. The maximum atomic E-state index is 11.2. The van der Waals surface area contributed by atoms with Crippen LogP contribution in [0, 0.1) is 0 Å². The van der Waals surface area contributed by atoms with E-state index in [2.05, 4.69) is 26.1 Å². The molecule has 1 atom stereocenters. The van der Waals surface area contributed by atoms with E-state index >= 15 is 0 Å². The van der Waals surface area contributed by atoms with Crippen LogP contribution in [-0.4, -0.2) is 33.3 Å². The summed E-state index contributed by atoms with van der Waals surface area (Å²) in [5.41, 5.74) is 1.94. The molecule has 0 fully saturated rings. The first-order valence-corrected chi connectivity index (χ1v) is 8.28. The molecule has 0 aliphatic rings. The highest BCUT2D eigenvalue weighted by molar-refractivity contribution is 5.80. The van der Waals surface area contributed by atoms with E-state index in [9.17, 15) is 14.7 Å². The number of carboxylic acids is 2. The molecule has 0 amide bonds. The molecule has 0 heterocycles. The second-order valence-electron chi connectivity index (χ2n) is 8.40. The van der Waals surface area contributed by atoms with E-state index in [1.807, 2.05) is 32.9 Å². The minimum absolute atomic E-state index is 0.0725. The van der Waals surface area contributed by atoms with Gasteiger partial charge in [0.05, 0.1) is 6.42 Å². The normalized spacial score (nSPS) is 13.5. The standard InChI is InChI=1S/C19H29NO5/c1-18(2,3)12-7-11(16(23)13(8-12)19(4,5)6)10-20-14(17(24)25)9-15(21)22/h7-8,14,20,23H,9-10H2,1-6H3,(H,21,22)(H,24,25). The number of phenols is 1. The highest BCUT2D eigenvalue weighted by atomic mass is 16.4. The maximum Gasteiger partial charge on any atom is 0.321 e. The number of carboxylic acid groups (broad SMARTS) is 2. The summed E-state index contributed by atoms with van der Waals surface area (Å²) in [7, 11) is 0. The number of rotatable bonds is 6. The lowest BCUT2D eigenvalue weighted by Crippen LogP contribution is -2.38. The Hall–Kier alpha value is -2.08. The smallest absolute Gasteiger partial charge is 0.321 e. The van der Waals surface area contributed by atoms with Crippen LogP contribution in [0.15, 0.2) is 12.1 Å². The Balaban J connectivity index is 3.25. The lowest BCUT2D eigenvalue weighted by Gasteiger charge is -2.28. The first-order chi connectivity index (χ1) is 11.2. The van der Waals surface area contributed by atoms with Crippen LogP contribution in [0.4, 0.5) is 0 Å². The summed E-state index contributed by atoms with van der Waals surface area (Å²) < 4.78 is 0. The summed E-state index contributed by atoms with van der Waals surface area (Å²) >= 11 is 0. The molecule has 25 heavy (non-hydrogen) atoms. The van der Waals surface area contributed by atoms with Crippen molar-refractivity contribution in [3.63, 3.8) is 0 Å². The van der Waals surface area contributed by atoms with Crippen molar-refractivity contribution in [2.45, 2.75) is 71.4 Å². The Bertz CT molecular complexity index is 653. The number of phenolic OH excluding ortho intramolecular Hbond substituents is 1. The van der Waals surface area contributed by atoms with E-state index in [1.54, 1.807) is 0 Å². The molecule has 1 unspecified atom stereocenters. The van der Waals surface area contributed by atoms with Gasteiger partial charge < -0.3 is 15.3 Å². The molecular weight excluding hydrogens is 322 g/mol. The Kier molecular flexibility index (Phi) is 6.23. The van der Waals surface area contributed by atoms with E-state index in [1.165, 1.54) is 0 Å². The predicted octanol–water partition coefficient (Wildman–Crippen LogP) is 3.00. The van der Waals surface area contributed by atoms with Gasteiger partial charge in [0.25, 0.3) is 0 Å². The summed E-state index contributed by atoms with van der Waals surface area (Å²) in [4.78, 5) is 22.0. The third-order valence-electron chi connectivity index (χ3n) is 4.08. The number of hydrogen-bond donors (Lipinski definition) is 4. The number of hydrogen-bond acceptors (Lipinski definition) is 4. The number of carbonyl (C=O) groups is 2. The van der Waals surface area contributed by atoms with Gasteiger partial charge in [-0.1, -0.05) is 53.7 Å². The van der Waals surface area contributed by atoms with Crippen molar-refractivity contribution < 1.29 is 24.9 Å². The molecule has 6 heteroatoms. The van der Waals surface area contributed by atoms with Crippen molar-refractivity contribution in [2.75, 3.05) is 0 Å². The highest BCUT2D eigenvalue weighted by Gasteiger charge is 2.26. The lowest BCUT2D eigenvalue weighted by atomic mass is 9.79. The number of aliphatic carboxylic acids is 2. The summed E-state index contributed by atoms with van der Waals surface area (Å²) in [5.74, 6) is -2.31. The molecular formula is C19H29NO5. The van der Waals surface area contributed by atoms with Gasteiger partial charge in [-0.25, -0.2) is 0 Å². The molecule has 0 saturated carbocycles. The van der Waals surface area contributed by atoms with E-state index < -0.39 is 24.4 Å². The van der Waals surface area contributed by atoms with Crippen LogP contribution in [0.1, 0.15) is 64.7 Å². The lowest BCUT2D eigenvalue weighted by molar-refractivity contribution is -0.146. The minimum Gasteiger partial charge on any atom is -0.507 e. The van der Waals surface area contributed by atoms with Crippen LogP contribution in [0.5, 0.6) is 5.75 Å². The van der Waals surface area contributed by atoms with Crippen molar-refractivity contribution in [1.29, 1.82) is 0 Å². The summed E-state index contributed by atoms with van der Waals surface area (Å²) in [5, 5.41) is 31.4. The molecule has 1 rings (SSSR count). The minimum atomic E-state index is -1.23. The van der Waals surface area contributed by atoms with Crippen molar-refractivity contribution >= 4 is 11.9 Å². The van der Waals surface area contributed by atoms with Crippen molar-refractivity contribution in [2.24, 2.45) is 0 Å². The van der Waals surface area contributed by atoms with E-state index in [0.717, 1.165) is 11.1 Å². The van der Waals surface area contributed by atoms with Gasteiger partial charge in [-0.05, 0) is 22.0 Å². The molecule has 0 bridgehead atoms. The largest absolute Gasteiger partial charge is 0.507 e. The summed E-state index contributed by atoms with van der Waals surface area (Å²) in [6.45, 7) is 12.3. The zero-order chi connectivity index (χ0) is 19.6. The molecule has 0 radical (unpaired) electrons. The van der Waals surface area contributed by atoms with Crippen LogP contribution >= 0.6 is 0 Å². The van der Waals surface area contributed by atoms with Gasteiger partial charge in [0.2, 0.25) is 0 Å². The predicted molar refractivity (Wildman–Crippen MR) is 96.0 cm³/mol. The average Bonchev–Trinajstić information content (AvgIpc) is 2.41. The fourth-order valence-corrected chi connectivity index (χ4v) is 2.49. The number of aromatic hydroxyl groups is 1. The molecule has 140 valence electrons. The molecule has 0 aliphatic carbocycles.